The molecule has 0 saturated carbocycles. The van der Waals surface area contributed by atoms with Gasteiger partial charge in [-0.15, -0.1) is 11.3 Å². The van der Waals surface area contributed by atoms with E-state index in [9.17, 15) is 14.0 Å². The zero-order valence-electron chi connectivity index (χ0n) is 23.8. The zero-order valence-corrected chi connectivity index (χ0v) is 24.6. The van der Waals surface area contributed by atoms with Crippen molar-refractivity contribution in [2.24, 2.45) is 0 Å². The summed E-state index contributed by atoms with van der Waals surface area (Å²) in [7, 11) is 3.19. The molecular formula is C31H39FN2O5S. The smallest absolute Gasteiger partial charge is 0.242 e. The van der Waals surface area contributed by atoms with Crippen LogP contribution in [0.1, 0.15) is 34.2 Å². The SMILES string of the molecule is CCOCCCN(CC(=O)N(CCc1ccc(OC)c(OC)c1)Cc1ccc(C)s1)C(=O)Cc1ccc(F)cc1. The number of hydrogen-bond donors (Lipinski definition) is 0. The van der Waals surface area contributed by atoms with Gasteiger partial charge in [0, 0.05) is 36.1 Å². The van der Waals surface area contributed by atoms with E-state index >= 15 is 0 Å². The van der Waals surface area contributed by atoms with Crippen LogP contribution in [-0.2, 0) is 33.7 Å². The molecule has 0 spiro atoms. The van der Waals surface area contributed by atoms with Crippen LogP contribution in [0.15, 0.2) is 54.6 Å². The summed E-state index contributed by atoms with van der Waals surface area (Å²) in [4.78, 5) is 32.7. The molecule has 0 radical (unpaired) electrons. The first kappa shape index (κ1) is 31.1. The number of benzene rings is 2. The summed E-state index contributed by atoms with van der Waals surface area (Å²) in [5.74, 6) is 0.627. The molecule has 0 fully saturated rings. The molecule has 0 unspecified atom stereocenters. The second-order valence-electron chi connectivity index (χ2n) is 9.44. The van der Waals surface area contributed by atoms with Gasteiger partial charge >= 0.3 is 0 Å². The molecule has 0 saturated heterocycles. The highest BCUT2D eigenvalue weighted by Crippen LogP contribution is 2.28. The van der Waals surface area contributed by atoms with Crippen LogP contribution in [0.3, 0.4) is 0 Å². The molecular weight excluding hydrogens is 531 g/mol. The Bertz CT molecular complexity index is 1230. The zero-order chi connectivity index (χ0) is 28.9. The lowest BCUT2D eigenvalue weighted by molar-refractivity contribution is -0.140. The second kappa shape index (κ2) is 16.0. The monoisotopic (exact) mass is 570 g/mol. The van der Waals surface area contributed by atoms with Gasteiger partial charge in [-0.3, -0.25) is 9.59 Å². The molecule has 40 heavy (non-hydrogen) atoms. The first-order chi connectivity index (χ1) is 19.3. The molecule has 3 rings (SSSR count). The lowest BCUT2D eigenvalue weighted by atomic mass is 10.1. The average Bonchev–Trinajstić information content (AvgIpc) is 3.37. The minimum Gasteiger partial charge on any atom is -0.493 e. The molecule has 0 atom stereocenters. The maximum Gasteiger partial charge on any atom is 0.242 e. The van der Waals surface area contributed by atoms with Crippen LogP contribution >= 0.6 is 11.3 Å². The van der Waals surface area contributed by atoms with Crippen LogP contribution in [0.4, 0.5) is 4.39 Å². The van der Waals surface area contributed by atoms with Gasteiger partial charge in [-0.25, -0.2) is 4.39 Å². The Kier molecular flexibility index (Phi) is 12.4. The van der Waals surface area contributed by atoms with E-state index in [0.29, 0.717) is 62.8 Å². The number of rotatable bonds is 16. The summed E-state index contributed by atoms with van der Waals surface area (Å²) in [6, 6.07) is 15.7. The summed E-state index contributed by atoms with van der Waals surface area (Å²) >= 11 is 1.66. The topological polar surface area (TPSA) is 68.3 Å². The van der Waals surface area contributed by atoms with Crippen molar-refractivity contribution in [3.8, 4) is 11.5 Å². The molecule has 9 heteroatoms. The number of carbonyl (C=O) groups excluding carboxylic acids is 2. The Balaban J connectivity index is 1.75. The van der Waals surface area contributed by atoms with E-state index in [1.807, 2.05) is 49.1 Å². The normalized spacial score (nSPS) is 10.8. The van der Waals surface area contributed by atoms with Crippen LogP contribution in [0.5, 0.6) is 11.5 Å². The number of ether oxygens (including phenoxy) is 3. The van der Waals surface area contributed by atoms with Crippen LogP contribution in [-0.4, -0.2) is 68.7 Å². The lowest BCUT2D eigenvalue weighted by Crippen LogP contribution is -2.44. The van der Waals surface area contributed by atoms with E-state index in [4.69, 9.17) is 14.2 Å². The first-order valence-electron chi connectivity index (χ1n) is 13.5. The van der Waals surface area contributed by atoms with Crippen molar-refractivity contribution in [1.82, 2.24) is 9.80 Å². The van der Waals surface area contributed by atoms with E-state index in [1.54, 1.807) is 42.6 Å². The largest absolute Gasteiger partial charge is 0.493 e. The highest BCUT2D eigenvalue weighted by Gasteiger charge is 2.22. The van der Waals surface area contributed by atoms with Crippen molar-refractivity contribution in [3.63, 3.8) is 0 Å². The molecule has 2 amide bonds. The number of methoxy groups -OCH3 is 2. The predicted octanol–water partition coefficient (Wildman–Crippen LogP) is 5.28. The Labute approximate surface area is 240 Å². The minimum absolute atomic E-state index is 0.0392. The van der Waals surface area contributed by atoms with Gasteiger partial charge < -0.3 is 24.0 Å². The molecule has 7 nitrogen and oxygen atoms in total. The number of thiophene rings is 1. The molecule has 216 valence electrons. The Hall–Kier alpha value is -3.43. The number of amides is 2. The Morgan fingerprint density at radius 1 is 0.875 bits per heavy atom. The van der Waals surface area contributed by atoms with E-state index in [-0.39, 0.29) is 30.6 Å². The average molecular weight is 571 g/mol. The number of halogens is 1. The summed E-state index contributed by atoms with van der Waals surface area (Å²) in [6.45, 7) is 6.35. The summed E-state index contributed by atoms with van der Waals surface area (Å²) in [5.41, 5.74) is 1.71. The van der Waals surface area contributed by atoms with Gasteiger partial charge in [0.05, 0.1) is 33.7 Å². The van der Waals surface area contributed by atoms with Gasteiger partial charge in [0.15, 0.2) is 11.5 Å². The van der Waals surface area contributed by atoms with Crippen molar-refractivity contribution in [3.05, 3.63) is 81.3 Å². The summed E-state index contributed by atoms with van der Waals surface area (Å²) in [5, 5.41) is 0. The second-order valence-corrected chi connectivity index (χ2v) is 10.8. The van der Waals surface area contributed by atoms with Crippen LogP contribution in [0.2, 0.25) is 0 Å². The number of hydrogen-bond acceptors (Lipinski definition) is 6. The van der Waals surface area contributed by atoms with Crippen molar-refractivity contribution in [2.75, 3.05) is 47.1 Å². The highest BCUT2D eigenvalue weighted by atomic mass is 32.1. The van der Waals surface area contributed by atoms with Crippen molar-refractivity contribution >= 4 is 23.2 Å². The molecule has 1 aromatic heterocycles. The fraction of sp³-hybridized carbons (Fsp3) is 0.419. The van der Waals surface area contributed by atoms with Gasteiger partial charge in [0.1, 0.15) is 5.82 Å². The van der Waals surface area contributed by atoms with Gasteiger partial charge in [0.2, 0.25) is 11.8 Å². The van der Waals surface area contributed by atoms with Crippen LogP contribution in [0.25, 0.3) is 0 Å². The third-order valence-electron chi connectivity index (χ3n) is 6.48. The molecule has 2 aromatic carbocycles. The maximum atomic E-state index is 13.7. The summed E-state index contributed by atoms with van der Waals surface area (Å²) in [6.07, 6.45) is 1.33. The third-order valence-corrected chi connectivity index (χ3v) is 7.47. The Morgan fingerprint density at radius 2 is 1.60 bits per heavy atom. The minimum atomic E-state index is -0.353. The lowest BCUT2D eigenvalue weighted by Gasteiger charge is -2.28. The fourth-order valence-electron chi connectivity index (χ4n) is 4.30. The number of aryl methyl sites for hydroxylation is 1. The summed E-state index contributed by atoms with van der Waals surface area (Å²) < 4.78 is 29.6. The quantitative estimate of drug-likeness (QED) is 0.219. The molecule has 0 aliphatic rings. The van der Waals surface area contributed by atoms with Crippen molar-refractivity contribution in [2.45, 2.75) is 39.7 Å². The number of carbonyl (C=O) groups is 2. The van der Waals surface area contributed by atoms with Gasteiger partial charge in [-0.2, -0.15) is 0 Å². The van der Waals surface area contributed by atoms with E-state index in [1.165, 1.54) is 17.0 Å². The molecule has 0 aliphatic heterocycles. The van der Waals surface area contributed by atoms with E-state index in [0.717, 1.165) is 10.4 Å². The fourth-order valence-corrected chi connectivity index (χ4v) is 5.20. The van der Waals surface area contributed by atoms with E-state index in [2.05, 4.69) is 0 Å². The third kappa shape index (κ3) is 9.64. The Morgan fingerprint density at radius 3 is 2.25 bits per heavy atom. The standard InChI is InChI=1S/C31H39FN2O5S/c1-5-39-18-6-16-33(30(35)20-24-8-11-26(32)12-9-24)22-31(36)34(21-27-13-7-23(2)40-27)17-15-25-10-14-28(37-3)29(19-25)38-4/h7-14,19H,5-6,15-18,20-22H2,1-4H3. The first-order valence-corrected chi connectivity index (χ1v) is 14.3. The van der Waals surface area contributed by atoms with Crippen molar-refractivity contribution in [1.29, 1.82) is 0 Å². The number of nitrogens with zero attached hydrogens (tertiary/aromatic N) is 2. The van der Waals surface area contributed by atoms with Crippen LogP contribution in [0, 0.1) is 12.7 Å². The van der Waals surface area contributed by atoms with Gasteiger partial charge in [-0.05, 0) is 74.2 Å². The molecule has 0 bridgehead atoms. The van der Waals surface area contributed by atoms with Crippen molar-refractivity contribution < 1.29 is 28.2 Å². The molecule has 3 aromatic rings. The molecule has 0 aliphatic carbocycles. The molecule has 0 N–H and O–H groups in total. The van der Waals surface area contributed by atoms with Gasteiger partial charge in [-0.1, -0.05) is 18.2 Å². The molecule has 1 heterocycles. The highest BCUT2D eigenvalue weighted by molar-refractivity contribution is 7.11. The van der Waals surface area contributed by atoms with Crippen LogP contribution < -0.4 is 9.47 Å². The maximum absolute atomic E-state index is 13.7. The van der Waals surface area contributed by atoms with Gasteiger partial charge in [0.25, 0.3) is 0 Å². The predicted molar refractivity (Wildman–Crippen MR) is 156 cm³/mol. The van der Waals surface area contributed by atoms with E-state index < -0.39 is 0 Å².